The lowest BCUT2D eigenvalue weighted by atomic mass is 9.94. The molecule has 3 amide bonds. The van der Waals surface area contributed by atoms with E-state index in [1.54, 1.807) is 55.5 Å². The molecule has 0 aliphatic carbocycles. The van der Waals surface area contributed by atoms with Crippen molar-refractivity contribution in [3.05, 3.63) is 70.4 Å². The fourth-order valence-electron chi connectivity index (χ4n) is 3.67. The molecule has 1 aliphatic heterocycles. The number of amides is 3. The largest absolute Gasteiger partial charge is 0.484 e. The third-order valence-electron chi connectivity index (χ3n) is 5.37. The van der Waals surface area contributed by atoms with Gasteiger partial charge in [0.25, 0.3) is 5.91 Å². The molecule has 0 saturated carbocycles. The molecule has 35 heavy (non-hydrogen) atoms. The van der Waals surface area contributed by atoms with Crippen molar-refractivity contribution in [2.45, 2.75) is 33.7 Å². The summed E-state index contributed by atoms with van der Waals surface area (Å²) in [5.41, 5.74) is 2.05. The van der Waals surface area contributed by atoms with Gasteiger partial charge in [0, 0.05) is 23.0 Å². The highest BCUT2D eigenvalue weighted by molar-refractivity contribution is 6.30. The van der Waals surface area contributed by atoms with Crippen LogP contribution in [0.15, 0.2) is 59.8 Å². The van der Waals surface area contributed by atoms with Gasteiger partial charge in [-0.3, -0.25) is 9.69 Å². The number of hydrogen-bond acceptors (Lipinski definition) is 5. The van der Waals surface area contributed by atoms with E-state index in [2.05, 4.69) is 10.6 Å². The molecule has 0 saturated heterocycles. The second kappa shape index (κ2) is 11.8. The van der Waals surface area contributed by atoms with Gasteiger partial charge in [-0.2, -0.15) is 0 Å². The number of rotatable bonds is 9. The molecule has 3 rings (SSSR count). The standard InChI is InChI=1S/C26H30ClN3O5/c1-5-30-17(4)23(25(32)35-14-16(2)3)24(29-26(30)33)18-7-6-8-20(13-18)28-22(31)15-34-21-11-9-19(27)10-12-21/h6-13,16,24H,5,14-15H2,1-4H3,(H,28,31)(H,29,33). The molecule has 8 nitrogen and oxygen atoms in total. The summed E-state index contributed by atoms with van der Waals surface area (Å²) in [4.78, 5) is 39.6. The zero-order valence-corrected chi connectivity index (χ0v) is 21.0. The molecule has 1 aliphatic rings. The third-order valence-corrected chi connectivity index (χ3v) is 5.62. The van der Waals surface area contributed by atoms with Gasteiger partial charge in [-0.05, 0) is 61.7 Å². The Morgan fingerprint density at radius 2 is 1.89 bits per heavy atom. The maximum Gasteiger partial charge on any atom is 0.338 e. The molecule has 2 aromatic rings. The lowest BCUT2D eigenvalue weighted by molar-refractivity contribution is -0.140. The number of esters is 1. The van der Waals surface area contributed by atoms with Crippen LogP contribution in [-0.4, -0.2) is 42.6 Å². The number of ether oxygens (including phenoxy) is 2. The van der Waals surface area contributed by atoms with Crippen molar-refractivity contribution in [2.75, 3.05) is 25.1 Å². The van der Waals surface area contributed by atoms with Crippen LogP contribution in [0.25, 0.3) is 0 Å². The molecule has 9 heteroatoms. The first-order chi connectivity index (χ1) is 16.7. The number of halogens is 1. The SMILES string of the molecule is CCN1C(=O)NC(c2cccc(NC(=O)COc3ccc(Cl)cc3)c2)C(C(=O)OCC(C)C)=C1C. The zero-order valence-electron chi connectivity index (χ0n) is 20.3. The van der Waals surface area contributed by atoms with E-state index in [1.165, 1.54) is 4.90 Å². The third kappa shape index (κ3) is 6.76. The molecule has 0 radical (unpaired) electrons. The maximum atomic E-state index is 13.0. The summed E-state index contributed by atoms with van der Waals surface area (Å²) < 4.78 is 11.0. The monoisotopic (exact) mass is 499 g/mol. The van der Waals surface area contributed by atoms with Crippen molar-refractivity contribution in [2.24, 2.45) is 5.92 Å². The minimum atomic E-state index is -0.716. The number of allylic oxidation sites excluding steroid dienone is 1. The zero-order chi connectivity index (χ0) is 25.5. The van der Waals surface area contributed by atoms with Crippen LogP contribution in [0.3, 0.4) is 0 Å². The van der Waals surface area contributed by atoms with Crippen LogP contribution in [0.4, 0.5) is 10.5 Å². The first-order valence-corrected chi connectivity index (χ1v) is 11.8. The fourth-order valence-corrected chi connectivity index (χ4v) is 3.80. The van der Waals surface area contributed by atoms with Crippen LogP contribution < -0.4 is 15.4 Å². The molecule has 0 spiro atoms. The van der Waals surface area contributed by atoms with Gasteiger partial charge in [0.1, 0.15) is 5.75 Å². The molecule has 1 heterocycles. The lowest BCUT2D eigenvalue weighted by Crippen LogP contribution is -2.48. The average molecular weight is 500 g/mol. The highest BCUT2D eigenvalue weighted by atomic mass is 35.5. The van der Waals surface area contributed by atoms with Crippen molar-refractivity contribution < 1.29 is 23.9 Å². The second-order valence-corrected chi connectivity index (χ2v) is 8.97. The number of nitrogens with zero attached hydrogens (tertiary/aromatic N) is 1. The van der Waals surface area contributed by atoms with Gasteiger partial charge in [0.05, 0.1) is 18.2 Å². The topological polar surface area (TPSA) is 97.0 Å². The Morgan fingerprint density at radius 1 is 1.17 bits per heavy atom. The fraction of sp³-hybridized carbons (Fsp3) is 0.346. The molecular weight excluding hydrogens is 470 g/mol. The smallest absolute Gasteiger partial charge is 0.338 e. The van der Waals surface area contributed by atoms with Crippen molar-refractivity contribution in [3.8, 4) is 5.75 Å². The normalized spacial score (nSPS) is 15.7. The van der Waals surface area contributed by atoms with Gasteiger partial charge in [-0.1, -0.05) is 37.6 Å². The highest BCUT2D eigenvalue weighted by Crippen LogP contribution is 2.32. The lowest BCUT2D eigenvalue weighted by Gasteiger charge is -2.35. The van der Waals surface area contributed by atoms with Gasteiger partial charge in [-0.25, -0.2) is 9.59 Å². The second-order valence-electron chi connectivity index (χ2n) is 8.53. The van der Waals surface area contributed by atoms with Gasteiger partial charge in [0.2, 0.25) is 0 Å². The Bertz CT molecular complexity index is 1110. The molecule has 0 aromatic heterocycles. The predicted octanol–water partition coefficient (Wildman–Crippen LogP) is 4.92. The minimum Gasteiger partial charge on any atom is -0.484 e. The predicted molar refractivity (Wildman–Crippen MR) is 134 cm³/mol. The van der Waals surface area contributed by atoms with Crippen molar-refractivity contribution >= 4 is 35.2 Å². The Kier molecular flexibility index (Phi) is 8.76. The van der Waals surface area contributed by atoms with Crippen LogP contribution in [0.1, 0.15) is 39.3 Å². The summed E-state index contributed by atoms with van der Waals surface area (Å²) in [7, 11) is 0. The van der Waals surface area contributed by atoms with Crippen molar-refractivity contribution in [1.82, 2.24) is 10.2 Å². The Labute approximate surface area is 210 Å². The van der Waals surface area contributed by atoms with Crippen LogP contribution >= 0.6 is 11.6 Å². The number of hydrogen-bond donors (Lipinski definition) is 2. The molecule has 1 atom stereocenters. The van der Waals surface area contributed by atoms with Crippen LogP contribution in [0.2, 0.25) is 5.02 Å². The summed E-state index contributed by atoms with van der Waals surface area (Å²) in [5, 5.41) is 6.25. The van der Waals surface area contributed by atoms with E-state index < -0.39 is 12.0 Å². The van der Waals surface area contributed by atoms with Crippen LogP contribution in [-0.2, 0) is 14.3 Å². The Morgan fingerprint density at radius 3 is 2.54 bits per heavy atom. The molecule has 186 valence electrons. The first kappa shape index (κ1) is 26.1. The van der Waals surface area contributed by atoms with E-state index in [9.17, 15) is 14.4 Å². The number of carbonyl (C=O) groups excluding carboxylic acids is 3. The summed E-state index contributed by atoms with van der Waals surface area (Å²) in [6.45, 7) is 7.97. The van der Waals surface area contributed by atoms with Gasteiger partial charge >= 0.3 is 12.0 Å². The van der Waals surface area contributed by atoms with Gasteiger partial charge in [-0.15, -0.1) is 0 Å². The highest BCUT2D eigenvalue weighted by Gasteiger charge is 2.36. The molecule has 0 fully saturated rings. The van der Waals surface area contributed by atoms with Crippen LogP contribution in [0, 0.1) is 5.92 Å². The first-order valence-electron chi connectivity index (χ1n) is 11.4. The molecule has 1 unspecified atom stereocenters. The van der Waals surface area contributed by atoms with E-state index >= 15 is 0 Å². The van der Waals surface area contributed by atoms with E-state index in [0.29, 0.717) is 39.8 Å². The number of anilines is 1. The number of urea groups is 1. The summed E-state index contributed by atoms with van der Waals surface area (Å²) in [6.07, 6.45) is 0. The summed E-state index contributed by atoms with van der Waals surface area (Å²) >= 11 is 5.86. The van der Waals surface area contributed by atoms with E-state index in [1.807, 2.05) is 20.8 Å². The summed E-state index contributed by atoms with van der Waals surface area (Å²) in [5.74, 6) is -0.142. The number of carbonyl (C=O) groups is 3. The van der Waals surface area contributed by atoms with Crippen molar-refractivity contribution in [1.29, 1.82) is 0 Å². The molecule has 0 bridgehead atoms. The molecule has 2 N–H and O–H groups in total. The van der Waals surface area contributed by atoms with Crippen LogP contribution in [0.5, 0.6) is 5.75 Å². The van der Waals surface area contributed by atoms with Crippen molar-refractivity contribution in [3.63, 3.8) is 0 Å². The average Bonchev–Trinajstić information content (AvgIpc) is 2.82. The van der Waals surface area contributed by atoms with E-state index in [0.717, 1.165) is 0 Å². The maximum absolute atomic E-state index is 13.0. The Balaban J connectivity index is 1.78. The van der Waals surface area contributed by atoms with E-state index in [-0.39, 0.29) is 31.1 Å². The number of benzene rings is 2. The van der Waals surface area contributed by atoms with E-state index in [4.69, 9.17) is 21.1 Å². The quantitative estimate of drug-likeness (QED) is 0.477. The van der Waals surface area contributed by atoms with Gasteiger partial charge < -0.3 is 20.1 Å². The van der Waals surface area contributed by atoms with Gasteiger partial charge in [0.15, 0.2) is 6.61 Å². The molecular formula is C26H30ClN3O5. The minimum absolute atomic E-state index is 0.174. The Hall–Kier alpha value is -3.52. The molecule has 2 aromatic carbocycles. The number of nitrogens with one attached hydrogen (secondary N) is 2. The summed E-state index contributed by atoms with van der Waals surface area (Å²) in [6, 6.07) is 12.7.